The van der Waals surface area contributed by atoms with Gasteiger partial charge < -0.3 is 16.4 Å². The van der Waals surface area contributed by atoms with Crippen molar-refractivity contribution in [2.75, 3.05) is 24.1 Å². The van der Waals surface area contributed by atoms with E-state index in [1.165, 1.54) is 0 Å². The topological polar surface area (TPSA) is 80.0 Å². The van der Waals surface area contributed by atoms with Crippen molar-refractivity contribution in [3.8, 4) is 0 Å². The van der Waals surface area contributed by atoms with Crippen molar-refractivity contribution in [2.45, 2.75) is 26.7 Å². The Morgan fingerprint density at radius 1 is 1.41 bits per heavy atom. The Morgan fingerprint density at radius 3 is 2.82 bits per heavy atom. The summed E-state index contributed by atoms with van der Waals surface area (Å²) in [5, 5.41) is 5.91. The van der Waals surface area contributed by atoms with Crippen LogP contribution < -0.4 is 16.4 Å². The summed E-state index contributed by atoms with van der Waals surface area (Å²) in [4.78, 5) is 15.6. The number of nitrogen functional groups attached to an aromatic ring is 1. The van der Waals surface area contributed by atoms with Gasteiger partial charge in [0.2, 0.25) is 5.91 Å². The largest absolute Gasteiger partial charge is 0.397 e. The number of carbonyl (C=O) groups is 1. The number of hydrogen-bond donors (Lipinski definition) is 3. The van der Waals surface area contributed by atoms with Crippen LogP contribution in [0.5, 0.6) is 0 Å². The number of anilines is 2. The molecule has 1 aromatic rings. The molecule has 0 aliphatic rings. The van der Waals surface area contributed by atoms with Gasteiger partial charge in [-0.3, -0.25) is 4.79 Å². The summed E-state index contributed by atoms with van der Waals surface area (Å²) < 4.78 is 0. The molecular weight excluding hydrogens is 216 g/mol. The molecule has 0 atom stereocenters. The molecule has 0 radical (unpaired) electrons. The standard InChI is InChI=1S/C12H20N4O/c1-3-7-15-12(17)6-8-14-11-5-4-10(13)9(2)16-11/h4-5H,3,6-8,13H2,1-2H3,(H,14,16)(H,15,17). The van der Waals surface area contributed by atoms with Crippen LogP contribution in [0.4, 0.5) is 11.5 Å². The molecule has 0 aliphatic carbocycles. The monoisotopic (exact) mass is 236 g/mol. The van der Waals surface area contributed by atoms with Crippen LogP contribution in [-0.4, -0.2) is 24.0 Å². The molecule has 1 rings (SSSR count). The highest BCUT2D eigenvalue weighted by molar-refractivity contribution is 5.76. The van der Waals surface area contributed by atoms with E-state index in [0.717, 1.165) is 24.5 Å². The maximum atomic E-state index is 11.3. The number of rotatable bonds is 6. The quantitative estimate of drug-likeness (QED) is 0.695. The normalized spacial score (nSPS) is 10.0. The van der Waals surface area contributed by atoms with E-state index in [1.807, 2.05) is 26.0 Å². The SMILES string of the molecule is CCCNC(=O)CCNc1ccc(N)c(C)n1. The first-order valence-corrected chi connectivity index (χ1v) is 5.87. The Hall–Kier alpha value is -1.78. The second kappa shape index (κ2) is 6.73. The average Bonchev–Trinajstić information content (AvgIpc) is 2.31. The maximum absolute atomic E-state index is 11.3. The van der Waals surface area contributed by atoms with Gasteiger partial charge in [-0.25, -0.2) is 4.98 Å². The Balaban J connectivity index is 2.30. The Morgan fingerprint density at radius 2 is 2.18 bits per heavy atom. The Labute approximate surface area is 102 Å². The van der Waals surface area contributed by atoms with Gasteiger partial charge in [0.15, 0.2) is 0 Å². The van der Waals surface area contributed by atoms with Crippen molar-refractivity contribution in [3.05, 3.63) is 17.8 Å². The van der Waals surface area contributed by atoms with E-state index >= 15 is 0 Å². The fourth-order valence-electron chi connectivity index (χ4n) is 1.33. The molecule has 5 heteroatoms. The summed E-state index contributed by atoms with van der Waals surface area (Å²) in [6.07, 6.45) is 1.41. The lowest BCUT2D eigenvalue weighted by Crippen LogP contribution is -2.26. The summed E-state index contributed by atoms with van der Waals surface area (Å²) in [5.74, 6) is 0.812. The van der Waals surface area contributed by atoms with E-state index in [0.29, 0.717) is 18.7 Å². The summed E-state index contributed by atoms with van der Waals surface area (Å²) >= 11 is 0. The third kappa shape index (κ3) is 4.72. The number of aryl methyl sites for hydroxylation is 1. The van der Waals surface area contributed by atoms with Crippen LogP contribution in [0.2, 0.25) is 0 Å². The van der Waals surface area contributed by atoms with Crippen LogP contribution in [0.25, 0.3) is 0 Å². The van der Waals surface area contributed by atoms with Crippen LogP contribution >= 0.6 is 0 Å². The summed E-state index contributed by atoms with van der Waals surface area (Å²) in [6.45, 7) is 5.19. The van der Waals surface area contributed by atoms with Crippen LogP contribution in [-0.2, 0) is 4.79 Å². The second-order valence-electron chi connectivity index (χ2n) is 3.90. The molecule has 1 heterocycles. The van der Waals surface area contributed by atoms with E-state index in [1.54, 1.807) is 0 Å². The highest BCUT2D eigenvalue weighted by Crippen LogP contribution is 2.11. The molecule has 0 unspecified atom stereocenters. The molecule has 0 bridgehead atoms. The van der Waals surface area contributed by atoms with E-state index in [-0.39, 0.29) is 5.91 Å². The van der Waals surface area contributed by atoms with Gasteiger partial charge in [0.05, 0.1) is 11.4 Å². The lowest BCUT2D eigenvalue weighted by Gasteiger charge is -2.07. The molecule has 0 aromatic carbocycles. The van der Waals surface area contributed by atoms with Crippen molar-refractivity contribution in [3.63, 3.8) is 0 Å². The fourth-order valence-corrected chi connectivity index (χ4v) is 1.33. The van der Waals surface area contributed by atoms with Gasteiger partial charge in [-0.1, -0.05) is 6.92 Å². The first-order chi connectivity index (χ1) is 8.13. The number of pyridine rings is 1. The van der Waals surface area contributed by atoms with Gasteiger partial charge in [0.1, 0.15) is 5.82 Å². The lowest BCUT2D eigenvalue weighted by atomic mass is 10.3. The van der Waals surface area contributed by atoms with E-state index in [4.69, 9.17) is 5.73 Å². The molecule has 94 valence electrons. The van der Waals surface area contributed by atoms with Crippen LogP contribution in [0, 0.1) is 6.92 Å². The molecule has 1 amide bonds. The van der Waals surface area contributed by atoms with Gasteiger partial charge in [0, 0.05) is 19.5 Å². The van der Waals surface area contributed by atoms with Crippen molar-refractivity contribution in [1.82, 2.24) is 10.3 Å². The number of hydrogen-bond acceptors (Lipinski definition) is 4. The summed E-state index contributed by atoms with van der Waals surface area (Å²) in [5.41, 5.74) is 7.14. The van der Waals surface area contributed by atoms with Crippen molar-refractivity contribution in [2.24, 2.45) is 0 Å². The number of nitrogens with one attached hydrogen (secondary N) is 2. The molecule has 5 nitrogen and oxygen atoms in total. The predicted molar refractivity (Wildman–Crippen MR) is 69.8 cm³/mol. The number of carbonyl (C=O) groups excluding carboxylic acids is 1. The Bertz CT molecular complexity index is 379. The zero-order valence-electron chi connectivity index (χ0n) is 10.4. The minimum Gasteiger partial charge on any atom is -0.397 e. The highest BCUT2D eigenvalue weighted by Gasteiger charge is 2.01. The van der Waals surface area contributed by atoms with Crippen LogP contribution in [0.3, 0.4) is 0 Å². The molecule has 17 heavy (non-hydrogen) atoms. The molecule has 0 fully saturated rings. The smallest absolute Gasteiger partial charge is 0.221 e. The zero-order chi connectivity index (χ0) is 12.7. The van der Waals surface area contributed by atoms with Crippen molar-refractivity contribution in [1.29, 1.82) is 0 Å². The van der Waals surface area contributed by atoms with E-state index in [9.17, 15) is 4.79 Å². The number of amides is 1. The number of aromatic nitrogens is 1. The van der Waals surface area contributed by atoms with Crippen LogP contribution in [0.15, 0.2) is 12.1 Å². The molecule has 4 N–H and O–H groups in total. The van der Waals surface area contributed by atoms with E-state index < -0.39 is 0 Å². The van der Waals surface area contributed by atoms with Crippen molar-refractivity contribution < 1.29 is 4.79 Å². The van der Waals surface area contributed by atoms with E-state index in [2.05, 4.69) is 15.6 Å². The van der Waals surface area contributed by atoms with Gasteiger partial charge in [0.25, 0.3) is 0 Å². The second-order valence-corrected chi connectivity index (χ2v) is 3.90. The van der Waals surface area contributed by atoms with Gasteiger partial charge in [-0.2, -0.15) is 0 Å². The number of nitrogens with two attached hydrogens (primary N) is 1. The van der Waals surface area contributed by atoms with Gasteiger partial charge in [-0.05, 0) is 25.5 Å². The first kappa shape index (κ1) is 13.3. The molecule has 0 spiro atoms. The highest BCUT2D eigenvalue weighted by atomic mass is 16.1. The molecule has 0 saturated carbocycles. The fraction of sp³-hybridized carbons (Fsp3) is 0.500. The molecular formula is C12H20N4O. The zero-order valence-corrected chi connectivity index (χ0v) is 10.4. The lowest BCUT2D eigenvalue weighted by molar-refractivity contribution is -0.120. The third-order valence-corrected chi connectivity index (χ3v) is 2.36. The van der Waals surface area contributed by atoms with Gasteiger partial charge >= 0.3 is 0 Å². The van der Waals surface area contributed by atoms with Gasteiger partial charge in [-0.15, -0.1) is 0 Å². The minimum atomic E-state index is 0.0616. The van der Waals surface area contributed by atoms with Crippen LogP contribution in [0.1, 0.15) is 25.5 Å². The first-order valence-electron chi connectivity index (χ1n) is 5.87. The number of nitrogens with zero attached hydrogens (tertiary/aromatic N) is 1. The average molecular weight is 236 g/mol. The summed E-state index contributed by atoms with van der Waals surface area (Å²) in [6, 6.07) is 3.62. The predicted octanol–water partition coefficient (Wildman–Crippen LogP) is 1.30. The molecule has 0 aliphatic heterocycles. The molecule has 0 saturated heterocycles. The Kier molecular flexibility index (Phi) is 5.26. The summed E-state index contributed by atoms with van der Waals surface area (Å²) in [7, 11) is 0. The minimum absolute atomic E-state index is 0.0616. The molecule has 1 aromatic heterocycles. The maximum Gasteiger partial charge on any atom is 0.221 e. The van der Waals surface area contributed by atoms with Crippen molar-refractivity contribution >= 4 is 17.4 Å². The third-order valence-electron chi connectivity index (χ3n) is 2.36.